The van der Waals surface area contributed by atoms with E-state index in [4.69, 9.17) is 0 Å². The Hall–Kier alpha value is -2.14. The van der Waals surface area contributed by atoms with Crippen LogP contribution in [0.4, 0.5) is 0 Å². The highest BCUT2D eigenvalue weighted by Crippen LogP contribution is 2.08. The molecule has 2 aromatic rings. The predicted octanol–water partition coefficient (Wildman–Crippen LogP) is 1.49. The van der Waals surface area contributed by atoms with Gasteiger partial charge in [0, 0.05) is 25.5 Å². The van der Waals surface area contributed by atoms with Gasteiger partial charge in [0.2, 0.25) is 5.91 Å². The maximum atomic E-state index is 11.4. The Morgan fingerprint density at radius 1 is 1.30 bits per heavy atom. The van der Waals surface area contributed by atoms with Crippen LogP contribution in [0.1, 0.15) is 18.9 Å². The van der Waals surface area contributed by atoms with Crippen LogP contribution in [0.2, 0.25) is 0 Å². The minimum atomic E-state index is 0.0417. The van der Waals surface area contributed by atoms with Crippen LogP contribution in [0.15, 0.2) is 42.7 Å². The molecule has 0 saturated heterocycles. The Kier molecular flexibility index (Phi) is 5.32. The summed E-state index contributed by atoms with van der Waals surface area (Å²) in [5.74, 6) is 0.0417. The van der Waals surface area contributed by atoms with E-state index in [1.54, 1.807) is 6.20 Å². The lowest BCUT2D eigenvalue weighted by Crippen LogP contribution is -2.33. The number of hydrogen-bond acceptors (Lipinski definition) is 3. The van der Waals surface area contributed by atoms with Crippen molar-refractivity contribution in [3.05, 3.63) is 48.3 Å². The number of nitrogens with zero attached hydrogens (tertiary/aromatic N) is 2. The van der Waals surface area contributed by atoms with Crippen molar-refractivity contribution in [3.8, 4) is 5.69 Å². The molecular formula is C15H20N4O. The molecule has 106 valence electrons. The van der Waals surface area contributed by atoms with Gasteiger partial charge in [0.15, 0.2) is 0 Å². The fourth-order valence-corrected chi connectivity index (χ4v) is 1.84. The zero-order valence-electron chi connectivity index (χ0n) is 11.7. The van der Waals surface area contributed by atoms with E-state index >= 15 is 0 Å². The molecule has 0 aliphatic carbocycles. The summed E-state index contributed by atoms with van der Waals surface area (Å²) in [6.45, 7) is 3.80. The Labute approximate surface area is 119 Å². The zero-order chi connectivity index (χ0) is 14.2. The third-order valence-corrected chi connectivity index (χ3v) is 2.89. The van der Waals surface area contributed by atoms with E-state index in [2.05, 4.69) is 15.7 Å². The van der Waals surface area contributed by atoms with Gasteiger partial charge in [-0.25, -0.2) is 4.68 Å². The summed E-state index contributed by atoms with van der Waals surface area (Å²) in [7, 11) is 0. The summed E-state index contributed by atoms with van der Waals surface area (Å²) in [5, 5.41) is 10.1. The molecule has 20 heavy (non-hydrogen) atoms. The van der Waals surface area contributed by atoms with E-state index < -0.39 is 0 Å². The number of aromatic nitrogens is 2. The Bertz CT molecular complexity index is 519. The fourth-order valence-electron chi connectivity index (χ4n) is 1.84. The summed E-state index contributed by atoms with van der Waals surface area (Å²) in [4.78, 5) is 11.4. The molecule has 1 aromatic carbocycles. The lowest BCUT2D eigenvalue weighted by Gasteiger charge is -2.07. The van der Waals surface area contributed by atoms with Gasteiger partial charge in [-0.1, -0.05) is 19.1 Å². The molecule has 0 aliphatic rings. The van der Waals surface area contributed by atoms with E-state index in [1.165, 1.54) is 0 Å². The normalized spacial score (nSPS) is 10.4. The molecule has 0 saturated carbocycles. The molecule has 0 bridgehead atoms. The molecule has 5 nitrogen and oxygen atoms in total. The van der Waals surface area contributed by atoms with Crippen LogP contribution in [0, 0.1) is 0 Å². The highest BCUT2D eigenvalue weighted by molar-refractivity contribution is 5.77. The summed E-state index contributed by atoms with van der Waals surface area (Å²) >= 11 is 0. The Morgan fingerprint density at radius 2 is 2.10 bits per heavy atom. The number of hydrogen-bond donors (Lipinski definition) is 2. The number of rotatable bonds is 7. The summed E-state index contributed by atoms with van der Waals surface area (Å²) < 4.78 is 1.81. The maximum Gasteiger partial charge on any atom is 0.233 e. The van der Waals surface area contributed by atoms with Crippen molar-refractivity contribution in [1.29, 1.82) is 0 Å². The lowest BCUT2D eigenvalue weighted by molar-refractivity contribution is -0.120. The quantitative estimate of drug-likeness (QED) is 0.803. The maximum absolute atomic E-state index is 11.4. The molecule has 2 rings (SSSR count). The second kappa shape index (κ2) is 7.45. The first-order chi connectivity index (χ1) is 9.79. The second-order valence-corrected chi connectivity index (χ2v) is 4.57. The molecule has 1 aromatic heterocycles. The average molecular weight is 272 g/mol. The van der Waals surface area contributed by atoms with E-state index in [9.17, 15) is 4.79 Å². The number of amides is 1. The third kappa shape index (κ3) is 4.20. The molecule has 0 atom stereocenters. The summed E-state index contributed by atoms with van der Waals surface area (Å²) in [5.41, 5.74) is 2.17. The summed E-state index contributed by atoms with van der Waals surface area (Å²) in [6.07, 6.45) is 4.62. The van der Waals surface area contributed by atoms with Crippen molar-refractivity contribution in [3.63, 3.8) is 0 Å². The van der Waals surface area contributed by atoms with Crippen molar-refractivity contribution in [2.45, 2.75) is 19.9 Å². The molecule has 1 heterocycles. The van der Waals surface area contributed by atoms with Gasteiger partial charge in [0.25, 0.3) is 0 Å². The van der Waals surface area contributed by atoms with Gasteiger partial charge in [-0.3, -0.25) is 4.79 Å². The van der Waals surface area contributed by atoms with Crippen LogP contribution in [0.3, 0.4) is 0 Å². The molecule has 0 spiro atoms. The van der Waals surface area contributed by atoms with E-state index in [0.717, 1.165) is 24.2 Å². The molecule has 0 fully saturated rings. The van der Waals surface area contributed by atoms with Crippen LogP contribution in [-0.2, 0) is 11.3 Å². The number of carbonyl (C=O) groups is 1. The smallest absolute Gasteiger partial charge is 0.233 e. The predicted molar refractivity (Wildman–Crippen MR) is 78.6 cm³/mol. The second-order valence-electron chi connectivity index (χ2n) is 4.57. The molecule has 1 amide bonds. The first kappa shape index (κ1) is 14.3. The zero-order valence-corrected chi connectivity index (χ0v) is 11.7. The Morgan fingerprint density at radius 3 is 2.75 bits per heavy atom. The van der Waals surface area contributed by atoms with Gasteiger partial charge in [-0.05, 0) is 30.2 Å². The first-order valence-electron chi connectivity index (χ1n) is 6.86. The standard InChI is InChI=1S/C15H20N4O/c1-2-8-17-15(20)12-16-11-13-4-6-14(7-5-13)19-10-3-9-18-19/h3-7,9-10,16H,2,8,11-12H2,1H3,(H,17,20). The molecule has 5 heteroatoms. The highest BCUT2D eigenvalue weighted by Gasteiger charge is 2.00. The molecular weight excluding hydrogens is 252 g/mol. The topological polar surface area (TPSA) is 59.0 Å². The number of nitrogens with one attached hydrogen (secondary N) is 2. The average Bonchev–Trinajstić information content (AvgIpc) is 3.00. The van der Waals surface area contributed by atoms with Crippen molar-refractivity contribution < 1.29 is 4.79 Å². The first-order valence-corrected chi connectivity index (χ1v) is 6.86. The largest absolute Gasteiger partial charge is 0.355 e. The van der Waals surface area contributed by atoms with Crippen molar-refractivity contribution in [1.82, 2.24) is 20.4 Å². The lowest BCUT2D eigenvalue weighted by atomic mass is 10.2. The molecule has 2 N–H and O–H groups in total. The van der Waals surface area contributed by atoms with Crippen LogP contribution < -0.4 is 10.6 Å². The van der Waals surface area contributed by atoms with Crippen LogP contribution >= 0.6 is 0 Å². The monoisotopic (exact) mass is 272 g/mol. The van der Waals surface area contributed by atoms with Crippen LogP contribution in [-0.4, -0.2) is 28.8 Å². The van der Waals surface area contributed by atoms with Gasteiger partial charge in [-0.15, -0.1) is 0 Å². The fraction of sp³-hybridized carbons (Fsp3) is 0.333. The molecule has 0 radical (unpaired) electrons. The van der Waals surface area contributed by atoms with Crippen LogP contribution in [0.5, 0.6) is 0 Å². The summed E-state index contributed by atoms with van der Waals surface area (Å²) in [6, 6.07) is 9.99. The van der Waals surface area contributed by atoms with Crippen molar-refractivity contribution in [2.24, 2.45) is 0 Å². The van der Waals surface area contributed by atoms with Gasteiger partial charge < -0.3 is 10.6 Å². The van der Waals surface area contributed by atoms with E-state index in [1.807, 2.05) is 48.1 Å². The van der Waals surface area contributed by atoms with Crippen LogP contribution in [0.25, 0.3) is 5.69 Å². The van der Waals surface area contributed by atoms with Crippen molar-refractivity contribution >= 4 is 5.91 Å². The third-order valence-electron chi connectivity index (χ3n) is 2.89. The van der Waals surface area contributed by atoms with Gasteiger partial charge >= 0.3 is 0 Å². The number of carbonyl (C=O) groups excluding carboxylic acids is 1. The van der Waals surface area contributed by atoms with Gasteiger partial charge in [-0.2, -0.15) is 5.10 Å². The van der Waals surface area contributed by atoms with Crippen molar-refractivity contribution in [2.75, 3.05) is 13.1 Å². The minimum absolute atomic E-state index is 0.0417. The number of benzene rings is 1. The Balaban J connectivity index is 1.78. The highest BCUT2D eigenvalue weighted by atomic mass is 16.1. The minimum Gasteiger partial charge on any atom is -0.355 e. The van der Waals surface area contributed by atoms with E-state index in [0.29, 0.717) is 13.1 Å². The molecule has 0 aliphatic heterocycles. The molecule has 0 unspecified atom stereocenters. The van der Waals surface area contributed by atoms with E-state index in [-0.39, 0.29) is 5.91 Å². The van der Waals surface area contributed by atoms with Gasteiger partial charge in [0.05, 0.1) is 12.2 Å². The SMILES string of the molecule is CCCNC(=O)CNCc1ccc(-n2cccn2)cc1. The van der Waals surface area contributed by atoms with Gasteiger partial charge in [0.1, 0.15) is 0 Å².